The van der Waals surface area contributed by atoms with Crippen LogP contribution in [-0.2, 0) is 20.8 Å². The summed E-state index contributed by atoms with van der Waals surface area (Å²) in [6.07, 6.45) is -0.531. The van der Waals surface area contributed by atoms with E-state index >= 15 is 0 Å². The average Bonchev–Trinajstić information content (AvgIpc) is 2.42. The topological polar surface area (TPSA) is 38.8 Å². The van der Waals surface area contributed by atoms with Crippen molar-refractivity contribution in [3.63, 3.8) is 0 Å². The lowest BCUT2D eigenvalue weighted by atomic mass is 10.2. The van der Waals surface area contributed by atoms with Gasteiger partial charge < -0.3 is 9.47 Å². The van der Waals surface area contributed by atoms with Gasteiger partial charge >= 0.3 is 5.97 Å². The van der Waals surface area contributed by atoms with Crippen LogP contribution in [0.25, 0.3) is 0 Å². The van der Waals surface area contributed by atoms with Gasteiger partial charge in [-0.15, -0.1) is 0 Å². The summed E-state index contributed by atoms with van der Waals surface area (Å²) in [5.41, 5.74) is 0.944. The van der Waals surface area contributed by atoms with Gasteiger partial charge in [0, 0.05) is 29.7 Å². The van der Waals surface area contributed by atoms with Crippen LogP contribution in [0.1, 0.15) is 5.56 Å². The third-order valence-electron chi connectivity index (χ3n) is 3.02. The molecule has 2 rings (SSSR count). The fourth-order valence-electron chi connectivity index (χ4n) is 2.03. The Hall–Kier alpha value is -0.810. The molecule has 0 aromatic heterocycles. The predicted octanol–water partition coefficient (Wildman–Crippen LogP) is 2.37. The van der Waals surface area contributed by atoms with E-state index in [1.54, 1.807) is 12.1 Å². The Morgan fingerprint density at radius 2 is 2.32 bits per heavy atom. The third-order valence-corrected chi connectivity index (χ3v) is 3.62. The number of halogens is 2. The fourth-order valence-corrected chi connectivity index (χ4v) is 2.40. The van der Waals surface area contributed by atoms with Crippen LogP contribution < -0.4 is 0 Å². The van der Waals surface area contributed by atoms with Crippen LogP contribution in [0, 0.1) is 0 Å². The molecule has 1 aliphatic heterocycles. The van der Waals surface area contributed by atoms with Gasteiger partial charge in [-0.1, -0.05) is 23.2 Å². The Morgan fingerprint density at radius 3 is 3.05 bits per heavy atom. The van der Waals surface area contributed by atoms with Crippen molar-refractivity contribution in [2.45, 2.75) is 12.6 Å². The van der Waals surface area contributed by atoms with Gasteiger partial charge in [-0.3, -0.25) is 4.90 Å². The molecule has 1 atom stereocenters. The van der Waals surface area contributed by atoms with Crippen LogP contribution >= 0.6 is 23.2 Å². The molecule has 1 aromatic carbocycles. The molecule has 104 valence electrons. The van der Waals surface area contributed by atoms with Crippen molar-refractivity contribution in [2.75, 3.05) is 26.8 Å². The standard InChI is InChI=1S/C13H15Cl2NO3/c1-18-13(17)12-8-16(4-5-19-12)7-9-6-10(14)2-3-11(9)15/h2-3,6,12H,4-5,7-8H2,1H3. The highest BCUT2D eigenvalue weighted by Crippen LogP contribution is 2.23. The minimum Gasteiger partial charge on any atom is -0.467 e. The van der Waals surface area contributed by atoms with Gasteiger partial charge in [0.2, 0.25) is 0 Å². The van der Waals surface area contributed by atoms with E-state index in [2.05, 4.69) is 4.90 Å². The summed E-state index contributed by atoms with van der Waals surface area (Å²) in [5.74, 6) is -0.345. The molecule has 6 heteroatoms. The van der Waals surface area contributed by atoms with Gasteiger partial charge in [0.1, 0.15) is 0 Å². The first kappa shape index (κ1) is 14.6. The molecule has 0 spiro atoms. The Balaban J connectivity index is 2.02. The monoisotopic (exact) mass is 303 g/mol. The number of carbonyl (C=O) groups is 1. The van der Waals surface area contributed by atoms with Crippen LogP contribution in [-0.4, -0.2) is 43.8 Å². The van der Waals surface area contributed by atoms with E-state index in [4.69, 9.17) is 32.7 Å². The second kappa shape index (κ2) is 6.57. The number of hydrogen-bond acceptors (Lipinski definition) is 4. The molecule has 19 heavy (non-hydrogen) atoms. The lowest BCUT2D eigenvalue weighted by Gasteiger charge is -2.31. The minimum absolute atomic E-state index is 0.345. The molecule has 1 aromatic rings. The molecule has 0 amide bonds. The number of benzene rings is 1. The molecule has 0 aliphatic carbocycles. The summed E-state index contributed by atoms with van der Waals surface area (Å²) in [4.78, 5) is 13.6. The Morgan fingerprint density at radius 1 is 1.53 bits per heavy atom. The van der Waals surface area contributed by atoms with Crippen molar-refractivity contribution < 1.29 is 14.3 Å². The number of morpholine rings is 1. The molecule has 4 nitrogen and oxygen atoms in total. The van der Waals surface area contributed by atoms with Crippen LogP contribution in [0.5, 0.6) is 0 Å². The normalized spacial score (nSPS) is 20.3. The number of hydrogen-bond donors (Lipinski definition) is 0. The largest absolute Gasteiger partial charge is 0.467 e. The summed E-state index contributed by atoms with van der Waals surface area (Å²) in [6.45, 7) is 2.38. The van der Waals surface area contributed by atoms with E-state index in [1.807, 2.05) is 6.07 Å². The number of esters is 1. The zero-order valence-electron chi connectivity index (χ0n) is 10.6. The van der Waals surface area contributed by atoms with Crippen molar-refractivity contribution in [2.24, 2.45) is 0 Å². The number of ether oxygens (including phenoxy) is 2. The zero-order chi connectivity index (χ0) is 13.8. The molecule has 1 saturated heterocycles. The average molecular weight is 304 g/mol. The van der Waals surface area contributed by atoms with Gasteiger partial charge in [-0.2, -0.15) is 0 Å². The van der Waals surface area contributed by atoms with Crippen LogP contribution in [0.3, 0.4) is 0 Å². The number of nitrogens with zero attached hydrogens (tertiary/aromatic N) is 1. The van der Waals surface area contributed by atoms with Crippen molar-refractivity contribution in [1.29, 1.82) is 0 Å². The fraction of sp³-hybridized carbons (Fsp3) is 0.462. The van der Waals surface area contributed by atoms with E-state index in [-0.39, 0.29) is 5.97 Å². The van der Waals surface area contributed by atoms with Crippen LogP contribution in [0.4, 0.5) is 0 Å². The first-order chi connectivity index (χ1) is 9.10. The smallest absolute Gasteiger partial charge is 0.336 e. The highest BCUT2D eigenvalue weighted by Gasteiger charge is 2.27. The molecule has 0 N–H and O–H groups in total. The van der Waals surface area contributed by atoms with E-state index in [9.17, 15) is 4.79 Å². The Bertz CT molecular complexity index is 467. The number of carbonyl (C=O) groups excluding carboxylic acids is 1. The first-order valence-corrected chi connectivity index (χ1v) is 6.71. The van der Waals surface area contributed by atoms with Gasteiger partial charge in [0.05, 0.1) is 13.7 Å². The van der Waals surface area contributed by atoms with Crippen molar-refractivity contribution in [3.05, 3.63) is 33.8 Å². The highest BCUT2D eigenvalue weighted by atomic mass is 35.5. The highest BCUT2D eigenvalue weighted by molar-refractivity contribution is 6.33. The molecule has 0 bridgehead atoms. The van der Waals surface area contributed by atoms with E-state index in [1.165, 1.54) is 7.11 Å². The van der Waals surface area contributed by atoms with E-state index in [0.717, 1.165) is 12.1 Å². The molecule has 1 unspecified atom stereocenters. The quantitative estimate of drug-likeness (QED) is 0.804. The summed E-state index contributed by atoms with van der Waals surface area (Å²) in [6, 6.07) is 5.37. The van der Waals surface area contributed by atoms with Gasteiger partial charge in [-0.25, -0.2) is 4.79 Å². The Labute approximate surface area is 122 Å². The second-order valence-corrected chi connectivity index (χ2v) is 5.20. The zero-order valence-corrected chi connectivity index (χ0v) is 12.1. The van der Waals surface area contributed by atoms with Crippen molar-refractivity contribution in [3.8, 4) is 0 Å². The Kier molecular flexibility index (Phi) is 5.05. The lowest BCUT2D eigenvalue weighted by molar-refractivity contribution is -0.160. The SMILES string of the molecule is COC(=O)C1CN(Cc2cc(Cl)ccc2Cl)CCO1. The van der Waals surface area contributed by atoms with Crippen molar-refractivity contribution >= 4 is 29.2 Å². The van der Waals surface area contributed by atoms with Crippen LogP contribution in [0.2, 0.25) is 10.0 Å². The van der Waals surface area contributed by atoms with Gasteiger partial charge in [0.25, 0.3) is 0 Å². The van der Waals surface area contributed by atoms with Gasteiger partial charge in [-0.05, 0) is 23.8 Å². The van der Waals surface area contributed by atoms with Crippen LogP contribution in [0.15, 0.2) is 18.2 Å². The summed E-state index contributed by atoms with van der Waals surface area (Å²) in [7, 11) is 1.36. The number of rotatable bonds is 3. The first-order valence-electron chi connectivity index (χ1n) is 5.96. The summed E-state index contributed by atoms with van der Waals surface area (Å²) in [5, 5.41) is 1.32. The molecule has 1 fully saturated rings. The maximum atomic E-state index is 11.5. The summed E-state index contributed by atoms with van der Waals surface area (Å²) < 4.78 is 10.1. The summed E-state index contributed by atoms with van der Waals surface area (Å²) >= 11 is 12.1. The third kappa shape index (κ3) is 3.83. The molecular formula is C13H15Cl2NO3. The maximum Gasteiger partial charge on any atom is 0.336 e. The molecule has 0 radical (unpaired) electrons. The molecular weight excluding hydrogens is 289 g/mol. The minimum atomic E-state index is -0.531. The van der Waals surface area contributed by atoms with E-state index in [0.29, 0.717) is 29.7 Å². The molecule has 0 saturated carbocycles. The lowest BCUT2D eigenvalue weighted by Crippen LogP contribution is -2.46. The predicted molar refractivity (Wildman–Crippen MR) is 73.5 cm³/mol. The van der Waals surface area contributed by atoms with Crippen molar-refractivity contribution in [1.82, 2.24) is 4.90 Å². The van der Waals surface area contributed by atoms with Gasteiger partial charge in [0.15, 0.2) is 6.10 Å². The molecule has 1 aliphatic rings. The number of methoxy groups -OCH3 is 1. The van der Waals surface area contributed by atoms with E-state index < -0.39 is 6.10 Å². The second-order valence-electron chi connectivity index (χ2n) is 4.35. The maximum absolute atomic E-state index is 11.5. The molecule has 1 heterocycles.